The van der Waals surface area contributed by atoms with Gasteiger partial charge in [-0.3, -0.25) is 9.63 Å². The van der Waals surface area contributed by atoms with Gasteiger partial charge in [0.15, 0.2) is 11.6 Å². The summed E-state index contributed by atoms with van der Waals surface area (Å²) in [5.41, 5.74) is 2.61. The van der Waals surface area contributed by atoms with E-state index in [2.05, 4.69) is 28.1 Å². The zero-order valence-corrected chi connectivity index (χ0v) is 18.4. The second-order valence-corrected chi connectivity index (χ2v) is 8.66. The lowest BCUT2D eigenvalue weighted by Gasteiger charge is -2.32. The molecule has 150 valence electrons. The van der Waals surface area contributed by atoms with E-state index in [0.717, 1.165) is 22.5 Å². The average molecular weight is 521 g/mol. The van der Waals surface area contributed by atoms with E-state index in [9.17, 15) is 13.6 Å². The Morgan fingerprint density at radius 1 is 1.32 bits per heavy atom. The average Bonchev–Trinajstić information content (AvgIpc) is 3.44. The van der Waals surface area contributed by atoms with Crippen LogP contribution >= 0.6 is 34.2 Å². The molecule has 28 heavy (non-hydrogen) atoms. The molecule has 0 aromatic heterocycles. The summed E-state index contributed by atoms with van der Waals surface area (Å²) in [7, 11) is 0. The third-order valence-corrected chi connectivity index (χ3v) is 5.39. The Labute approximate surface area is 181 Å². The number of rotatable bonds is 7. The number of anilines is 2. The molecule has 0 aliphatic heterocycles. The van der Waals surface area contributed by atoms with E-state index < -0.39 is 17.5 Å². The standard InChI is InChI=1S/C20H20ClF2IN2O2/c1-11(2)26(17-8-5-13(24)9-15(17)21)19-14(6-7-16(22)18(19)23)20(27)25-28-10-12-3-4-12/h5-9,11-12H,3-4,10H2,1-2H3,(H,25,27). The van der Waals surface area contributed by atoms with Gasteiger partial charge in [-0.2, -0.15) is 0 Å². The summed E-state index contributed by atoms with van der Waals surface area (Å²) in [5.74, 6) is -2.35. The van der Waals surface area contributed by atoms with Crippen molar-refractivity contribution in [3.63, 3.8) is 0 Å². The van der Waals surface area contributed by atoms with E-state index in [0.29, 0.717) is 23.2 Å². The number of carbonyl (C=O) groups excluding carboxylic acids is 1. The molecule has 0 heterocycles. The molecular formula is C20H20ClF2IN2O2. The molecule has 1 fully saturated rings. The number of amides is 1. The number of nitrogens with one attached hydrogen (secondary N) is 1. The number of halogens is 4. The second-order valence-electron chi connectivity index (χ2n) is 7.00. The highest BCUT2D eigenvalue weighted by molar-refractivity contribution is 14.1. The smallest absolute Gasteiger partial charge is 0.277 e. The van der Waals surface area contributed by atoms with Crippen LogP contribution in [0.5, 0.6) is 0 Å². The fraction of sp³-hybridized carbons (Fsp3) is 0.350. The van der Waals surface area contributed by atoms with E-state index in [1.54, 1.807) is 12.1 Å². The summed E-state index contributed by atoms with van der Waals surface area (Å²) in [6.07, 6.45) is 2.14. The van der Waals surface area contributed by atoms with Crippen molar-refractivity contribution in [1.82, 2.24) is 5.48 Å². The zero-order valence-electron chi connectivity index (χ0n) is 15.4. The van der Waals surface area contributed by atoms with Gasteiger partial charge in [-0.05, 0) is 85.5 Å². The van der Waals surface area contributed by atoms with Gasteiger partial charge >= 0.3 is 0 Å². The Bertz CT molecular complexity index is 891. The second kappa shape index (κ2) is 8.92. The number of hydrogen-bond donors (Lipinski definition) is 1. The largest absolute Gasteiger partial charge is 0.335 e. The van der Waals surface area contributed by atoms with Crippen molar-refractivity contribution < 1.29 is 18.4 Å². The van der Waals surface area contributed by atoms with Crippen molar-refractivity contribution in [2.45, 2.75) is 32.7 Å². The minimum Gasteiger partial charge on any atom is -0.335 e. The molecule has 2 aromatic carbocycles. The molecule has 0 spiro atoms. The van der Waals surface area contributed by atoms with Gasteiger partial charge in [0.1, 0.15) is 0 Å². The lowest BCUT2D eigenvalue weighted by molar-refractivity contribution is 0.0270. The third-order valence-electron chi connectivity index (χ3n) is 4.42. The van der Waals surface area contributed by atoms with Crippen LogP contribution in [0.25, 0.3) is 0 Å². The first-order chi connectivity index (χ1) is 13.3. The van der Waals surface area contributed by atoms with E-state index >= 15 is 0 Å². The first kappa shape index (κ1) is 21.3. The Kier molecular flexibility index (Phi) is 6.77. The molecular weight excluding hydrogens is 501 g/mol. The van der Waals surface area contributed by atoms with Crippen LogP contribution in [0.4, 0.5) is 20.2 Å². The molecule has 1 saturated carbocycles. The highest BCUT2D eigenvalue weighted by Crippen LogP contribution is 2.38. The summed E-state index contributed by atoms with van der Waals surface area (Å²) in [5, 5.41) is 0.376. The molecule has 3 rings (SSSR count). The van der Waals surface area contributed by atoms with Crippen molar-refractivity contribution >= 4 is 51.5 Å². The van der Waals surface area contributed by atoms with E-state index in [-0.39, 0.29) is 17.3 Å². The molecule has 1 aliphatic carbocycles. The van der Waals surface area contributed by atoms with Crippen LogP contribution in [0.15, 0.2) is 30.3 Å². The molecule has 0 bridgehead atoms. The third kappa shape index (κ3) is 4.75. The normalized spacial score (nSPS) is 13.7. The van der Waals surface area contributed by atoms with Gasteiger partial charge in [0.2, 0.25) is 0 Å². The molecule has 0 radical (unpaired) electrons. The number of carbonyl (C=O) groups is 1. The summed E-state index contributed by atoms with van der Waals surface area (Å²) in [6.45, 7) is 4.02. The van der Waals surface area contributed by atoms with Gasteiger partial charge in [-0.1, -0.05) is 11.6 Å². The Morgan fingerprint density at radius 3 is 2.64 bits per heavy atom. The quantitative estimate of drug-likeness (QED) is 0.368. The Hall–Kier alpha value is -1.45. The van der Waals surface area contributed by atoms with Crippen molar-refractivity contribution in [2.75, 3.05) is 11.5 Å². The van der Waals surface area contributed by atoms with Crippen LogP contribution in [-0.4, -0.2) is 18.6 Å². The summed E-state index contributed by atoms with van der Waals surface area (Å²) < 4.78 is 29.9. The lowest BCUT2D eigenvalue weighted by Crippen LogP contribution is -2.32. The number of benzene rings is 2. The molecule has 8 heteroatoms. The van der Waals surface area contributed by atoms with E-state index in [1.807, 2.05) is 19.9 Å². The molecule has 1 N–H and O–H groups in total. The fourth-order valence-electron chi connectivity index (χ4n) is 2.86. The molecule has 0 atom stereocenters. The summed E-state index contributed by atoms with van der Waals surface area (Å²) in [4.78, 5) is 19.4. The zero-order chi connectivity index (χ0) is 20.4. The van der Waals surface area contributed by atoms with Gasteiger partial charge in [0, 0.05) is 9.61 Å². The first-order valence-electron chi connectivity index (χ1n) is 8.94. The maximum atomic E-state index is 14.9. The maximum absolute atomic E-state index is 14.9. The molecule has 0 saturated heterocycles. The number of hydrogen-bond acceptors (Lipinski definition) is 3. The molecule has 1 aliphatic rings. The fourth-order valence-corrected chi connectivity index (χ4v) is 3.80. The van der Waals surface area contributed by atoms with Crippen molar-refractivity contribution in [3.05, 3.63) is 56.1 Å². The van der Waals surface area contributed by atoms with Crippen molar-refractivity contribution in [3.8, 4) is 0 Å². The van der Waals surface area contributed by atoms with Gasteiger partial charge in [0.05, 0.1) is 28.6 Å². The molecule has 0 unspecified atom stereocenters. The SMILES string of the molecule is CC(C)N(c1ccc(I)cc1Cl)c1c(C(=O)NOCC2CC2)ccc(F)c1F. The topological polar surface area (TPSA) is 41.6 Å². The predicted octanol–water partition coefficient (Wildman–Crippen LogP) is 5.84. The summed E-state index contributed by atoms with van der Waals surface area (Å²) in [6, 6.07) is 7.14. The van der Waals surface area contributed by atoms with Crippen LogP contribution in [0.2, 0.25) is 5.02 Å². The van der Waals surface area contributed by atoms with E-state index in [4.69, 9.17) is 16.4 Å². The van der Waals surface area contributed by atoms with Crippen LogP contribution in [0.1, 0.15) is 37.0 Å². The van der Waals surface area contributed by atoms with Crippen LogP contribution in [0, 0.1) is 21.1 Å². The van der Waals surface area contributed by atoms with Crippen molar-refractivity contribution in [1.29, 1.82) is 0 Å². The van der Waals surface area contributed by atoms with Crippen LogP contribution in [-0.2, 0) is 4.84 Å². The number of nitrogens with zero attached hydrogens (tertiary/aromatic N) is 1. The van der Waals surface area contributed by atoms with Crippen molar-refractivity contribution in [2.24, 2.45) is 5.92 Å². The van der Waals surface area contributed by atoms with Gasteiger partial charge in [0.25, 0.3) is 5.91 Å². The predicted molar refractivity (Wildman–Crippen MR) is 114 cm³/mol. The van der Waals surface area contributed by atoms with Gasteiger partial charge in [-0.25, -0.2) is 14.3 Å². The highest BCUT2D eigenvalue weighted by Gasteiger charge is 2.28. The van der Waals surface area contributed by atoms with Gasteiger partial charge in [-0.15, -0.1) is 0 Å². The van der Waals surface area contributed by atoms with E-state index in [1.165, 1.54) is 11.0 Å². The molecule has 4 nitrogen and oxygen atoms in total. The maximum Gasteiger partial charge on any atom is 0.277 e. The minimum atomic E-state index is -1.11. The monoisotopic (exact) mass is 520 g/mol. The minimum absolute atomic E-state index is 0.0296. The van der Waals surface area contributed by atoms with Crippen LogP contribution in [0.3, 0.4) is 0 Å². The molecule has 2 aromatic rings. The van der Waals surface area contributed by atoms with Crippen LogP contribution < -0.4 is 10.4 Å². The Balaban J connectivity index is 2.03. The Morgan fingerprint density at radius 2 is 2.04 bits per heavy atom. The summed E-state index contributed by atoms with van der Waals surface area (Å²) >= 11 is 8.49. The highest BCUT2D eigenvalue weighted by atomic mass is 127. The lowest BCUT2D eigenvalue weighted by atomic mass is 10.1. The first-order valence-corrected chi connectivity index (χ1v) is 10.4. The van der Waals surface area contributed by atoms with Gasteiger partial charge < -0.3 is 4.90 Å². The molecule has 1 amide bonds. The number of hydroxylamine groups is 1.